The Morgan fingerprint density at radius 3 is 1.91 bits per heavy atom. The van der Waals surface area contributed by atoms with E-state index in [-0.39, 0.29) is 0 Å². The first kappa shape index (κ1) is 31.4. The number of rotatable bonds is 4. The van der Waals surface area contributed by atoms with E-state index in [2.05, 4.69) is 186 Å². The minimum atomic E-state index is 0.661. The fraction of sp³-hybridized carbons (Fsp3) is 0. The van der Waals surface area contributed by atoms with Crippen molar-refractivity contribution in [2.75, 3.05) is 0 Å². The molecule has 0 saturated carbocycles. The molecule has 13 aromatic rings. The average molecular weight is 738 g/mol. The van der Waals surface area contributed by atoms with Gasteiger partial charge in [0.2, 0.25) is 0 Å². The lowest BCUT2D eigenvalue weighted by Gasteiger charge is -2.14. The summed E-state index contributed by atoms with van der Waals surface area (Å²) in [6.07, 6.45) is 0. The molecule has 0 bridgehead atoms. The zero-order valence-corrected chi connectivity index (χ0v) is 31.1. The molecule has 0 aliphatic heterocycles. The maximum absolute atomic E-state index is 6.93. The topological polar surface area (TPSA) is 43.3 Å². The maximum Gasteiger partial charge on any atom is 0.161 e. The Hall–Kier alpha value is -7.82. The monoisotopic (exact) mass is 737 g/mol. The smallest absolute Gasteiger partial charge is 0.161 e. The zero-order chi connectivity index (χ0) is 37.9. The Morgan fingerprint density at radius 2 is 1.00 bits per heavy atom. The van der Waals surface area contributed by atoms with Crippen LogP contribution in [0.25, 0.3) is 127 Å². The molecule has 0 saturated heterocycles. The lowest BCUT2D eigenvalue weighted by atomic mass is 9.94. The van der Waals surface area contributed by atoms with Gasteiger partial charge < -0.3 is 8.82 Å². The normalized spacial score (nSPS) is 12.1. The number of benzene rings is 9. The molecule has 4 aromatic heterocycles. The van der Waals surface area contributed by atoms with E-state index in [1.54, 1.807) is 0 Å². The first-order valence-corrected chi connectivity index (χ1v) is 19.7. The number of nitrogens with zero attached hydrogens (tertiary/aromatic N) is 3. The lowest BCUT2D eigenvalue weighted by Crippen LogP contribution is -1.96. The highest BCUT2D eigenvalue weighted by Gasteiger charge is 2.22. The molecule has 4 heterocycles. The van der Waals surface area contributed by atoms with E-state index in [0.29, 0.717) is 5.82 Å². The highest BCUT2D eigenvalue weighted by Crippen LogP contribution is 2.45. The Kier molecular flexibility index (Phi) is 6.41. The predicted octanol–water partition coefficient (Wildman–Crippen LogP) is 14.5. The highest BCUT2D eigenvalue weighted by atomic mass is 16.3. The van der Waals surface area contributed by atoms with Crippen molar-refractivity contribution in [1.82, 2.24) is 14.4 Å². The van der Waals surface area contributed by atoms with Crippen molar-refractivity contribution in [3.05, 3.63) is 188 Å². The van der Waals surface area contributed by atoms with Crippen LogP contribution in [0, 0.1) is 0 Å². The van der Waals surface area contributed by atoms with Gasteiger partial charge in [0.05, 0.1) is 27.9 Å². The molecule has 0 fully saturated rings. The minimum Gasteiger partial charge on any atom is -0.455 e. The summed E-state index contributed by atoms with van der Waals surface area (Å²) >= 11 is 0. The number of hydrogen-bond acceptors (Lipinski definition) is 3. The van der Waals surface area contributed by atoms with Crippen LogP contribution in [0.5, 0.6) is 0 Å². The molecule has 0 atom stereocenters. The van der Waals surface area contributed by atoms with E-state index < -0.39 is 0 Å². The fourth-order valence-electron chi connectivity index (χ4n) is 9.61. The second kappa shape index (κ2) is 11.8. The maximum atomic E-state index is 6.93. The Balaban J connectivity index is 1.08. The van der Waals surface area contributed by atoms with Gasteiger partial charge in [0.15, 0.2) is 5.82 Å². The third kappa shape index (κ3) is 4.40. The number of aromatic nitrogens is 3. The number of furan rings is 1. The van der Waals surface area contributed by atoms with Crippen molar-refractivity contribution in [2.24, 2.45) is 0 Å². The number of hydrogen-bond donors (Lipinski definition) is 0. The molecule has 9 aromatic carbocycles. The van der Waals surface area contributed by atoms with Gasteiger partial charge in [0.1, 0.15) is 11.2 Å². The molecular formula is C54H31N3O. The summed E-state index contributed by atoms with van der Waals surface area (Å²) in [5.74, 6) is 0.661. The van der Waals surface area contributed by atoms with Gasteiger partial charge in [-0.05, 0) is 63.5 Å². The number of para-hydroxylation sites is 2. The van der Waals surface area contributed by atoms with Crippen LogP contribution in [0.1, 0.15) is 0 Å². The highest BCUT2D eigenvalue weighted by molar-refractivity contribution is 6.28. The van der Waals surface area contributed by atoms with Crippen LogP contribution >= 0.6 is 0 Å². The van der Waals surface area contributed by atoms with E-state index in [1.807, 2.05) is 6.07 Å². The molecule has 268 valence electrons. The summed E-state index contributed by atoms with van der Waals surface area (Å²) < 4.78 is 9.39. The summed E-state index contributed by atoms with van der Waals surface area (Å²) in [7, 11) is 0. The van der Waals surface area contributed by atoms with Crippen LogP contribution in [0.2, 0.25) is 0 Å². The van der Waals surface area contributed by atoms with Crippen LogP contribution in [-0.2, 0) is 0 Å². The first-order chi connectivity index (χ1) is 28.8. The SMILES string of the molecule is c1ccc(-c2cc(-c3cccc4ccccc34)nc(-c3cccc4oc5c(-c6cc7c8cccc9cccc(c98)n8c9ccccc9c(c6)c78)cccc5c34)n2)cc1. The average Bonchev–Trinajstić information content (AvgIpc) is 3.84. The molecule has 0 aliphatic carbocycles. The van der Waals surface area contributed by atoms with E-state index in [0.717, 1.165) is 66.5 Å². The second-order valence-electron chi connectivity index (χ2n) is 15.3. The van der Waals surface area contributed by atoms with Crippen molar-refractivity contribution >= 4 is 81.6 Å². The van der Waals surface area contributed by atoms with Crippen LogP contribution in [-0.4, -0.2) is 14.4 Å². The predicted molar refractivity (Wildman–Crippen MR) is 241 cm³/mol. The van der Waals surface area contributed by atoms with Gasteiger partial charge in [0, 0.05) is 54.6 Å². The van der Waals surface area contributed by atoms with Crippen molar-refractivity contribution in [3.8, 4) is 45.0 Å². The number of fused-ring (bicyclic) bond motifs is 9. The van der Waals surface area contributed by atoms with E-state index in [9.17, 15) is 0 Å². The molecule has 13 rings (SSSR count). The van der Waals surface area contributed by atoms with Crippen LogP contribution in [0.4, 0.5) is 0 Å². The molecule has 0 amide bonds. The lowest BCUT2D eigenvalue weighted by molar-refractivity contribution is 0.670. The van der Waals surface area contributed by atoms with Crippen LogP contribution < -0.4 is 0 Å². The minimum absolute atomic E-state index is 0.661. The second-order valence-corrected chi connectivity index (χ2v) is 15.3. The quantitative estimate of drug-likeness (QED) is 0.133. The van der Waals surface area contributed by atoms with E-state index >= 15 is 0 Å². The third-order valence-corrected chi connectivity index (χ3v) is 12.1. The standard InChI is InChI=1S/C54H31N3O/c1-2-14-33(15-3-1)45-31-46(38-22-8-16-32-13-4-5-19-36(32)38)56-54(55-45)42-25-12-28-49-51(42)41-24-11-21-37(53(41)58-49)35-29-43-39-20-6-7-26-47(39)57-48-27-10-18-34-17-9-23-40(50(34)48)44(30-35)52(43)57/h1-31H. The van der Waals surface area contributed by atoms with Gasteiger partial charge in [-0.2, -0.15) is 0 Å². The summed E-state index contributed by atoms with van der Waals surface area (Å²) in [6, 6.07) is 67.0. The Labute approximate surface area is 332 Å². The van der Waals surface area contributed by atoms with Gasteiger partial charge in [-0.3, -0.25) is 0 Å². The Bertz CT molecular complexity index is 3790. The fourth-order valence-corrected chi connectivity index (χ4v) is 9.61. The molecule has 0 N–H and O–H groups in total. The summed E-state index contributed by atoms with van der Waals surface area (Å²) in [6.45, 7) is 0. The zero-order valence-electron chi connectivity index (χ0n) is 31.1. The Morgan fingerprint density at radius 1 is 0.379 bits per heavy atom. The number of pyridine rings is 1. The van der Waals surface area contributed by atoms with Crippen molar-refractivity contribution < 1.29 is 4.42 Å². The summed E-state index contributed by atoms with van der Waals surface area (Å²) in [5, 5.41) is 11.9. The van der Waals surface area contributed by atoms with Gasteiger partial charge in [0.25, 0.3) is 0 Å². The third-order valence-electron chi connectivity index (χ3n) is 12.1. The summed E-state index contributed by atoms with van der Waals surface area (Å²) in [4.78, 5) is 10.6. The molecular weight excluding hydrogens is 707 g/mol. The molecule has 0 unspecified atom stereocenters. The van der Waals surface area contributed by atoms with Crippen molar-refractivity contribution in [3.63, 3.8) is 0 Å². The molecule has 4 nitrogen and oxygen atoms in total. The molecule has 0 spiro atoms. The summed E-state index contributed by atoms with van der Waals surface area (Å²) in [5.41, 5.74) is 12.3. The van der Waals surface area contributed by atoms with Crippen LogP contribution in [0.15, 0.2) is 192 Å². The van der Waals surface area contributed by atoms with Crippen LogP contribution in [0.3, 0.4) is 0 Å². The van der Waals surface area contributed by atoms with Gasteiger partial charge in [-0.15, -0.1) is 0 Å². The molecule has 4 heteroatoms. The van der Waals surface area contributed by atoms with Gasteiger partial charge in [-0.1, -0.05) is 152 Å². The van der Waals surface area contributed by atoms with Gasteiger partial charge >= 0.3 is 0 Å². The van der Waals surface area contributed by atoms with Crippen molar-refractivity contribution in [2.45, 2.75) is 0 Å². The first-order valence-electron chi connectivity index (χ1n) is 19.7. The van der Waals surface area contributed by atoms with Gasteiger partial charge in [-0.25, -0.2) is 9.97 Å². The van der Waals surface area contributed by atoms with E-state index in [4.69, 9.17) is 14.4 Å². The molecule has 58 heavy (non-hydrogen) atoms. The molecule has 0 aliphatic rings. The van der Waals surface area contributed by atoms with E-state index in [1.165, 1.54) is 54.3 Å². The largest absolute Gasteiger partial charge is 0.455 e. The molecule has 0 radical (unpaired) electrons. The van der Waals surface area contributed by atoms with Crippen molar-refractivity contribution in [1.29, 1.82) is 0 Å².